The van der Waals surface area contributed by atoms with Gasteiger partial charge < -0.3 is 52.5 Å². The zero-order chi connectivity index (χ0) is 51.6. The number of rotatable bonds is 22. The van der Waals surface area contributed by atoms with Gasteiger partial charge in [0, 0.05) is 0 Å². The number of esters is 3. The van der Waals surface area contributed by atoms with E-state index in [9.17, 15) is 19.5 Å². The van der Waals surface area contributed by atoms with Crippen LogP contribution in [0.1, 0.15) is 53.3 Å². The summed E-state index contributed by atoms with van der Waals surface area (Å²) in [7, 11) is 0. The van der Waals surface area contributed by atoms with E-state index in [0.717, 1.165) is 22.3 Å². The first kappa shape index (κ1) is 52.5. The van der Waals surface area contributed by atoms with E-state index in [0.29, 0.717) is 0 Å². The third kappa shape index (κ3) is 14.5. The number of carbonyl (C=O) groups is 3. The van der Waals surface area contributed by atoms with Crippen LogP contribution in [0.2, 0.25) is 0 Å². The average molecular weight is 1020 g/mol. The molecule has 1 N–H and O–H groups in total. The Morgan fingerprint density at radius 1 is 0.373 bits per heavy atom. The number of carbonyl (C=O) groups excluding carboxylic acids is 3. The minimum Gasteiger partial charge on any atom is -0.459 e. The highest BCUT2D eigenvalue weighted by Crippen LogP contribution is 2.36. The van der Waals surface area contributed by atoms with Crippen LogP contribution in [-0.2, 0) is 73.8 Å². The van der Waals surface area contributed by atoms with Gasteiger partial charge in [0.25, 0.3) is 0 Å². The molecule has 75 heavy (non-hydrogen) atoms. The molecular weight excluding hydrogens is 957 g/mol. The summed E-state index contributed by atoms with van der Waals surface area (Å²) in [5.41, 5.74) is 4.05. The van der Waals surface area contributed by atoms with Gasteiger partial charge in [0.15, 0.2) is 24.8 Å². The number of aliphatic hydroxyl groups is 1. The van der Waals surface area contributed by atoms with Crippen LogP contribution in [0.15, 0.2) is 212 Å². The van der Waals surface area contributed by atoms with E-state index in [4.69, 9.17) is 47.4 Å². The van der Waals surface area contributed by atoms with E-state index in [1.807, 2.05) is 121 Å². The first-order chi connectivity index (χ1) is 36.9. The van der Waals surface area contributed by atoms with Crippen molar-refractivity contribution in [2.45, 2.75) is 87.8 Å². The smallest absolute Gasteiger partial charge is 0.338 e. The standard InChI is InChI=1S/C61H58O14/c62-51-52(73-58(64)47-32-18-6-19-33-47)50(41-69-57(63)46-30-16-5-17-31-46)72-61(54(51)74-59(65)48-34-20-7-21-35-48)75-56-55(68-38-44-26-12-3-13-27-44)53(67-37-43-24-10-2-11-25-43)49(40-66-36-42-22-8-1-9-23-42)71-60(56)70-39-45-28-14-4-15-29-45/h1-35,49-56,60-62H,36-41H2/t49?,50?,51-,52-,53-,54?,55-,56?,60+,61-/m0/s1. The maximum Gasteiger partial charge on any atom is 0.338 e. The number of aliphatic hydroxyl groups excluding tert-OH is 1. The van der Waals surface area contributed by atoms with Crippen molar-refractivity contribution in [1.29, 1.82) is 0 Å². The highest BCUT2D eigenvalue weighted by molar-refractivity contribution is 5.90. The first-order valence-electron chi connectivity index (χ1n) is 24.8. The molecule has 14 nitrogen and oxygen atoms in total. The molecule has 14 heteroatoms. The van der Waals surface area contributed by atoms with Gasteiger partial charge in [0.2, 0.25) is 0 Å². The van der Waals surface area contributed by atoms with Crippen LogP contribution in [0.4, 0.5) is 0 Å². The summed E-state index contributed by atoms with van der Waals surface area (Å²) < 4.78 is 65.6. The van der Waals surface area contributed by atoms with Gasteiger partial charge in [-0.1, -0.05) is 176 Å². The van der Waals surface area contributed by atoms with Gasteiger partial charge in [0.1, 0.15) is 43.2 Å². The largest absolute Gasteiger partial charge is 0.459 e. The lowest BCUT2D eigenvalue weighted by atomic mass is 9.96. The van der Waals surface area contributed by atoms with Gasteiger partial charge in [-0.15, -0.1) is 0 Å². The third-order valence-electron chi connectivity index (χ3n) is 12.6. The van der Waals surface area contributed by atoms with Gasteiger partial charge in [0.05, 0.1) is 49.7 Å². The van der Waals surface area contributed by atoms with Gasteiger partial charge in [-0.2, -0.15) is 0 Å². The molecule has 0 saturated carbocycles. The highest BCUT2D eigenvalue weighted by atomic mass is 16.8. The molecule has 7 aromatic carbocycles. The van der Waals surface area contributed by atoms with E-state index in [1.54, 1.807) is 91.0 Å². The lowest BCUT2D eigenvalue weighted by molar-refractivity contribution is -0.375. The summed E-state index contributed by atoms with van der Waals surface area (Å²) in [4.78, 5) is 41.5. The van der Waals surface area contributed by atoms with Crippen molar-refractivity contribution in [2.24, 2.45) is 0 Å². The van der Waals surface area contributed by atoms with Crippen LogP contribution >= 0.6 is 0 Å². The van der Waals surface area contributed by atoms with Crippen molar-refractivity contribution in [3.63, 3.8) is 0 Å². The Balaban J connectivity index is 1.11. The summed E-state index contributed by atoms with van der Waals surface area (Å²) in [6.07, 6.45) is -13.6. The molecule has 2 fully saturated rings. The zero-order valence-electron chi connectivity index (χ0n) is 41.0. The summed E-state index contributed by atoms with van der Waals surface area (Å²) in [6.45, 7) is 0.0400. The Hall–Kier alpha value is -7.37. The van der Waals surface area contributed by atoms with Crippen LogP contribution in [0.5, 0.6) is 0 Å². The van der Waals surface area contributed by atoms with Crippen molar-refractivity contribution in [3.8, 4) is 0 Å². The van der Waals surface area contributed by atoms with Gasteiger partial charge in [-0.25, -0.2) is 14.4 Å². The molecule has 0 aliphatic carbocycles. The van der Waals surface area contributed by atoms with E-state index in [2.05, 4.69) is 0 Å². The summed E-state index contributed by atoms with van der Waals surface area (Å²) in [5.74, 6) is -2.37. The number of hydrogen-bond donors (Lipinski definition) is 1. The summed E-state index contributed by atoms with van der Waals surface area (Å²) in [5, 5.41) is 12.6. The topological polar surface area (TPSA) is 164 Å². The van der Waals surface area contributed by atoms with E-state index >= 15 is 0 Å². The van der Waals surface area contributed by atoms with Crippen LogP contribution < -0.4 is 0 Å². The van der Waals surface area contributed by atoms with Gasteiger partial charge >= 0.3 is 17.9 Å². The molecule has 2 aliphatic heterocycles. The average Bonchev–Trinajstić information content (AvgIpc) is 3.46. The fourth-order valence-electron chi connectivity index (χ4n) is 8.75. The van der Waals surface area contributed by atoms with Crippen LogP contribution in [0, 0.1) is 0 Å². The molecule has 2 heterocycles. The second-order valence-corrected chi connectivity index (χ2v) is 17.9. The Morgan fingerprint density at radius 3 is 1.23 bits per heavy atom. The first-order valence-corrected chi connectivity index (χ1v) is 24.8. The minimum absolute atomic E-state index is 0.0384. The normalized spacial score (nSPS) is 23.4. The van der Waals surface area contributed by atoms with E-state index in [1.165, 1.54) is 0 Å². The quantitative estimate of drug-likeness (QED) is 0.0505. The third-order valence-corrected chi connectivity index (χ3v) is 12.6. The summed E-state index contributed by atoms with van der Waals surface area (Å²) in [6, 6.07) is 63.1. The fourth-order valence-corrected chi connectivity index (χ4v) is 8.75. The predicted octanol–water partition coefficient (Wildman–Crippen LogP) is 9.09. The monoisotopic (exact) mass is 1010 g/mol. The maximum atomic E-state index is 14.1. The second-order valence-electron chi connectivity index (χ2n) is 17.9. The Labute approximate surface area is 435 Å². The van der Waals surface area contributed by atoms with Crippen LogP contribution in [-0.4, -0.2) is 97.6 Å². The molecule has 9 rings (SSSR count). The molecule has 0 bridgehead atoms. The summed E-state index contributed by atoms with van der Waals surface area (Å²) >= 11 is 0. The van der Waals surface area contributed by atoms with Gasteiger partial charge in [-0.05, 0) is 58.7 Å². The van der Waals surface area contributed by atoms with Crippen molar-refractivity contribution in [1.82, 2.24) is 0 Å². The molecule has 2 aliphatic rings. The minimum atomic E-state index is -1.84. The van der Waals surface area contributed by atoms with Gasteiger partial charge in [-0.3, -0.25) is 0 Å². The van der Waals surface area contributed by atoms with Crippen molar-refractivity contribution in [2.75, 3.05) is 13.2 Å². The molecular formula is C61H58O14. The Bertz CT molecular complexity index is 2810. The lowest BCUT2D eigenvalue weighted by Crippen LogP contribution is -2.66. The zero-order valence-corrected chi connectivity index (χ0v) is 41.0. The maximum absolute atomic E-state index is 14.1. The SMILES string of the molecule is O=C(OCC1O[C@@H](OC2[C@H](OCc3ccccc3)OC(COCc3ccccc3)[C@H](OCc3ccccc3)[C@@H]2OCc2ccccc2)C(OC(=O)c2ccccc2)[C@@H](O)[C@H]1OC(=O)c1ccccc1)c1ccccc1. The van der Waals surface area contributed by atoms with Crippen LogP contribution in [0.3, 0.4) is 0 Å². The lowest BCUT2D eigenvalue weighted by Gasteiger charge is -2.49. The Kier molecular flexibility index (Phi) is 18.7. The fraction of sp³-hybridized carbons (Fsp3) is 0.262. The molecule has 4 unspecified atom stereocenters. The van der Waals surface area contributed by atoms with Crippen molar-refractivity contribution >= 4 is 17.9 Å². The Morgan fingerprint density at radius 2 is 0.747 bits per heavy atom. The molecule has 2 saturated heterocycles. The van der Waals surface area contributed by atoms with Crippen molar-refractivity contribution < 1.29 is 66.9 Å². The second kappa shape index (κ2) is 26.7. The van der Waals surface area contributed by atoms with Crippen molar-refractivity contribution in [3.05, 3.63) is 251 Å². The molecule has 0 radical (unpaired) electrons. The van der Waals surface area contributed by atoms with E-state index in [-0.39, 0.29) is 49.7 Å². The molecule has 0 spiro atoms. The highest BCUT2D eigenvalue weighted by Gasteiger charge is 2.55. The molecule has 7 aromatic rings. The van der Waals surface area contributed by atoms with Crippen LogP contribution in [0.25, 0.3) is 0 Å². The predicted molar refractivity (Wildman–Crippen MR) is 274 cm³/mol. The van der Waals surface area contributed by atoms with E-state index < -0.39 is 85.9 Å². The molecule has 0 amide bonds. The number of benzene rings is 7. The number of ether oxygens (including phenoxy) is 10. The molecule has 386 valence electrons. The molecule has 10 atom stereocenters. The number of hydrogen-bond acceptors (Lipinski definition) is 14. The molecule has 0 aromatic heterocycles.